The molecule has 7 heteroatoms. The second-order valence-corrected chi connectivity index (χ2v) is 8.43. The number of methoxy groups -OCH3 is 1. The highest BCUT2D eigenvalue weighted by molar-refractivity contribution is 7.17. The van der Waals surface area contributed by atoms with Gasteiger partial charge in [0, 0.05) is 6.42 Å². The highest BCUT2D eigenvalue weighted by atomic mass is 32.1. The lowest BCUT2D eigenvalue weighted by atomic mass is 9.84. The fourth-order valence-electron chi connectivity index (χ4n) is 3.65. The van der Waals surface area contributed by atoms with Crippen LogP contribution in [-0.2, 0) is 17.6 Å². The maximum Gasteiger partial charge on any atom is 0.230 e. The number of benzene rings is 2. The summed E-state index contributed by atoms with van der Waals surface area (Å²) in [5, 5.41) is 16.5. The maximum atomic E-state index is 12.4. The minimum absolute atomic E-state index is 0.112. The predicted molar refractivity (Wildman–Crippen MR) is 118 cm³/mol. The number of carbonyl (C=O) groups excluding carboxylic acids is 1. The van der Waals surface area contributed by atoms with E-state index in [0.29, 0.717) is 23.7 Å². The average molecular weight is 422 g/mol. The number of fused-ring (bicyclic) bond motifs is 1. The molecule has 1 amide bonds. The molecule has 0 saturated carbocycles. The van der Waals surface area contributed by atoms with E-state index in [2.05, 4.69) is 15.5 Å². The fourth-order valence-corrected chi connectivity index (χ4v) is 4.66. The Morgan fingerprint density at radius 2 is 1.93 bits per heavy atom. The number of nitrogens with zero attached hydrogens (tertiary/aromatic N) is 2. The summed E-state index contributed by atoms with van der Waals surface area (Å²) in [5.41, 5.74) is 4.71. The van der Waals surface area contributed by atoms with Gasteiger partial charge in [-0.3, -0.25) is 4.79 Å². The van der Waals surface area contributed by atoms with Crippen LogP contribution in [-0.4, -0.2) is 28.9 Å². The van der Waals surface area contributed by atoms with Crippen molar-refractivity contribution in [3.8, 4) is 5.75 Å². The number of hydrogen-bond donors (Lipinski definition) is 2. The Morgan fingerprint density at radius 1 is 1.20 bits per heavy atom. The van der Waals surface area contributed by atoms with Gasteiger partial charge < -0.3 is 15.3 Å². The summed E-state index contributed by atoms with van der Waals surface area (Å²) in [4.78, 5) is 17.9. The van der Waals surface area contributed by atoms with Crippen molar-refractivity contribution in [1.82, 2.24) is 4.98 Å². The van der Waals surface area contributed by atoms with E-state index in [0.717, 1.165) is 39.4 Å². The van der Waals surface area contributed by atoms with E-state index < -0.39 is 0 Å². The van der Waals surface area contributed by atoms with Gasteiger partial charge in [-0.2, -0.15) is 0 Å². The van der Waals surface area contributed by atoms with Crippen LogP contribution in [0.5, 0.6) is 5.75 Å². The molecule has 1 atom stereocenters. The summed E-state index contributed by atoms with van der Waals surface area (Å²) >= 11 is 1.36. The van der Waals surface area contributed by atoms with Gasteiger partial charge in [0.15, 0.2) is 5.13 Å². The van der Waals surface area contributed by atoms with E-state index in [1.165, 1.54) is 11.3 Å². The number of carbonyl (C=O) groups is 1. The minimum Gasteiger partial charge on any atom is -0.497 e. The topological polar surface area (TPSA) is 83.8 Å². The second-order valence-electron chi connectivity index (χ2n) is 7.43. The number of anilines is 1. The van der Waals surface area contributed by atoms with Gasteiger partial charge in [0.2, 0.25) is 5.91 Å². The lowest BCUT2D eigenvalue weighted by Gasteiger charge is -2.22. The van der Waals surface area contributed by atoms with Crippen molar-refractivity contribution in [2.24, 2.45) is 5.16 Å². The van der Waals surface area contributed by atoms with E-state index >= 15 is 0 Å². The summed E-state index contributed by atoms with van der Waals surface area (Å²) < 4.78 is 5.23. The Morgan fingerprint density at radius 3 is 2.60 bits per heavy atom. The predicted octanol–water partition coefficient (Wildman–Crippen LogP) is 4.55. The standard InChI is InChI=1S/C23H23N3O3S/c1-14-3-5-15(6-4-14)11-21(27)25-23-24-19-12-17(13-20(26-28)22(19)30-23)16-7-9-18(29-2)10-8-16/h3-10,17,28H,11-13H2,1-2H3,(H,24,25,27)/b26-20-. The molecular formula is C23H23N3O3S. The number of aryl methyl sites for hydroxylation is 1. The van der Waals surface area contributed by atoms with Crippen molar-refractivity contribution >= 4 is 28.1 Å². The zero-order valence-corrected chi connectivity index (χ0v) is 17.7. The van der Waals surface area contributed by atoms with E-state index in [1.54, 1.807) is 7.11 Å². The van der Waals surface area contributed by atoms with Crippen LogP contribution in [0.4, 0.5) is 5.13 Å². The molecule has 2 aromatic carbocycles. The third-order valence-corrected chi connectivity index (χ3v) is 6.34. The minimum atomic E-state index is -0.112. The Kier molecular flexibility index (Phi) is 5.81. The highest BCUT2D eigenvalue weighted by Crippen LogP contribution is 2.37. The van der Waals surface area contributed by atoms with Crippen molar-refractivity contribution in [2.45, 2.75) is 32.1 Å². The summed E-state index contributed by atoms with van der Waals surface area (Å²) in [6.45, 7) is 2.02. The molecule has 0 aliphatic heterocycles. The molecule has 1 heterocycles. The van der Waals surface area contributed by atoms with Crippen LogP contribution in [0.15, 0.2) is 53.7 Å². The molecule has 1 unspecified atom stereocenters. The summed E-state index contributed by atoms with van der Waals surface area (Å²) in [6.07, 6.45) is 1.64. The molecule has 0 fully saturated rings. The molecule has 1 aliphatic carbocycles. The molecular weight excluding hydrogens is 398 g/mol. The van der Waals surface area contributed by atoms with Crippen molar-refractivity contribution < 1.29 is 14.7 Å². The summed E-state index contributed by atoms with van der Waals surface area (Å²) in [6, 6.07) is 15.8. The second kappa shape index (κ2) is 8.67. The third kappa shape index (κ3) is 4.36. The fraction of sp³-hybridized carbons (Fsp3) is 0.261. The van der Waals surface area contributed by atoms with Gasteiger partial charge in [-0.05, 0) is 42.5 Å². The molecule has 0 bridgehead atoms. The Hall–Kier alpha value is -3.19. The van der Waals surface area contributed by atoms with Crippen LogP contribution < -0.4 is 10.1 Å². The number of thiazole rings is 1. The van der Waals surface area contributed by atoms with E-state index in [1.807, 2.05) is 55.5 Å². The SMILES string of the molecule is COc1ccc(C2C/C(=N/O)c3sc(NC(=O)Cc4ccc(C)cc4)nc3C2)cc1. The van der Waals surface area contributed by atoms with Crippen molar-refractivity contribution in [3.05, 3.63) is 75.8 Å². The van der Waals surface area contributed by atoms with Crippen LogP contribution in [0, 0.1) is 6.92 Å². The first-order valence-electron chi connectivity index (χ1n) is 9.76. The molecule has 3 aromatic rings. The molecule has 6 nitrogen and oxygen atoms in total. The molecule has 0 saturated heterocycles. The van der Waals surface area contributed by atoms with Gasteiger partial charge in [-0.15, -0.1) is 0 Å². The monoisotopic (exact) mass is 421 g/mol. The quantitative estimate of drug-likeness (QED) is 0.468. The number of aromatic nitrogens is 1. The van der Waals surface area contributed by atoms with E-state index in [-0.39, 0.29) is 11.8 Å². The number of hydrogen-bond acceptors (Lipinski definition) is 6. The molecule has 1 aliphatic rings. The Labute approximate surface area is 179 Å². The number of ether oxygens (including phenoxy) is 1. The molecule has 0 radical (unpaired) electrons. The van der Waals surface area contributed by atoms with Gasteiger partial charge >= 0.3 is 0 Å². The molecule has 30 heavy (non-hydrogen) atoms. The van der Waals surface area contributed by atoms with Crippen LogP contribution in [0.25, 0.3) is 0 Å². The Balaban J connectivity index is 1.49. The first-order valence-corrected chi connectivity index (χ1v) is 10.6. The van der Waals surface area contributed by atoms with E-state index in [9.17, 15) is 10.0 Å². The third-order valence-electron chi connectivity index (χ3n) is 5.28. The van der Waals surface area contributed by atoms with Crippen molar-refractivity contribution in [2.75, 3.05) is 12.4 Å². The Bertz CT molecular complexity index is 1070. The van der Waals surface area contributed by atoms with Crippen LogP contribution in [0.3, 0.4) is 0 Å². The zero-order valence-electron chi connectivity index (χ0n) is 16.9. The van der Waals surface area contributed by atoms with Gasteiger partial charge in [-0.25, -0.2) is 4.98 Å². The smallest absolute Gasteiger partial charge is 0.230 e. The number of nitrogens with one attached hydrogen (secondary N) is 1. The van der Waals surface area contributed by atoms with E-state index in [4.69, 9.17) is 4.74 Å². The number of amides is 1. The average Bonchev–Trinajstić information content (AvgIpc) is 3.16. The maximum absolute atomic E-state index is 12.4. The molecule has 0 spiro atoms. The molecule has 4 rings (SSSR count). The number of oxime groups is 1. The highest BCUT2D eigenvalue weighted by Gasteiger charge is 2.29. The summed E-state index contributed by atoms with van der Waals surface area (Å²) in [5.74, 6) is 0.852. The molecule has 1 aromatic heterocycles. The lowest BCUT2D eigenvalue weighted by Crippen LogP contribution is -2.18. The van der Waals surface area contributed by atoms with Crippen LogP contribution in [0.1, 0.15) is 39.6 Å². The lowest BCUT2D eigenvalue weighted by molar-refractivity contribution is -0.115. The van der Waals surface area contributed by atoms with Crippen molar-refractivity contribution in [1.29, 1.82) is 0 Å². The van der Waals surface area contributed by atoms with Gasteiger partial charge in [0.05, 0.1) is 29.8 Å². The van der Waals surface area contributed by atoms with Gasteiger partial charge in [0.25, 0.3) is 0 Å². The van der Waals surface area contributed by atoms with Gasteiger partial charge in [0.1, 0.15) is 5.75 Å². The first-order chi connectivity index (χ1) is 14.6. The molecule has 2 N–H and O–H groups in total. The van der Waals surface area contributed by atoms with Gasteiger partial charge in [-0.1, -0.05) is 58.5 Å². The van der Waals surface area contributed by atoms with Crippen LogP contribution >= 0.6 is 11.3 Å². The summed E-state index contributed by atoms with van der Waals surface area (Å²) in [7, 11) is 1.64. The zero-order chi connectivity index (χ0) is 21.1. The van der Waals surface area contributed by atoms with Crippen LogP contribution in [0.2, 0.25) is 0 Å². The molecule has 154 valence electrons. The first kappa shape index (κ1) is 20.1. The van der Waals surface area contributed by atoms with Crippen molar-refractivity contribution in [3.63, 3.8) is 0 Å². The largest absolute Gasteiger partial charge is 0.497 e. The normalized spacial score (nSPS) is 16.9. The number of rotatable bonds is 5.